The summed E-state index contributed by atoms with van der Waals surface area (Å²) < 4.78 is 22.9. The summed E-state index contributed by atoms with van der Waals surface area (Å²) >= 11 is 0. The number of hydrogen-bond donors (Lipinski definition) is 3. The van der Waals surface area contributed by atoms with Gasteiger partial charge in [-0.05, 0) is 31.6 Å². The van der Waals surface area contributed by atoms with Crippen molar-refractivity contribution >= 4 is 21.8 Å². The summed E-state index contributed by atoms with van der Waals surface area (Å²) in [5.74, 6) is -0.383. The van der Waals surface area contributed by atoms with Crippen LogP contribution in [0.15, 0.2) is 0 Å². The molecule has 2 amide bonds. The van der Waals surface area contributed by atoms with E-state index in [4.69, 9.17) is 5.11 Å². The minimum absolute atomic E-state index is 0.00936. The van der Waals surface area contributed by atoms with Crippen LogP contribution in [-0.2, 0) is 14.6 Å². The topological polar surface area (TPSA) is 113 Å². The zero-order valence-electron chi connectivity index (χ0n) is 12.3. The van der Waals surface area contributed by atoms with E-state index < -0.39 is 15.8 Å². The van der Waals surface area contributed by atoms with E-state index in [1.165, 1.54) is 0 Å². The molecule has 0 radical (unpaired) electrons. The molecule has 7 nitrogen and oxygen atoms in total. The molecule has 0 spiro atoms. The van der Waals surface area contributed by atoms with Gasteiger partial charge >= 0.3 is 12.0 Å². The van der Waals surface area contributed by atoms with Gasteiger partial charge in [0.1, 0.15) is 0 Å². The monoisotopic (exact) mass is 320 g/mol. The van der Waals surface area contributed by atoms with Gasteiger partial charge in [-0.2, -0.15) is 0 Å². The Morgan fingerprint density at radius 3 is 2.67 bits per heavy atom. The highest BCUT2D eigenvalue weighted by Crippen LogP contribution is 2.12. The summed E-state index contributed by atoms with van der Waals surface area (Å²) in [5, 5.41) is 13.9. The first kappa shape index (κ1) is 17.7. The number of aliphatic carboxylic acids is 1. The minimum Gasteiger partial charge on any atom is -0.481 e. The number of urea groups is 1. The molecule has 1 aliphatic rings. The molecule has 0 aromatic rings. The Kier molecular flexibility index (Phi) is 6.94. The van der Waals surface area contributed by atoms with Gasteiger partial charge in [0, 0.05) is 19.0 Å². The van der Waals surface area contributed by atoms with E-state index >= 15 is 0 Å². The molecule has 2 unspecified atom stereocenters. The second kappa shape index (κ2) is 8.21. The highest BCUT2D eigenvalue weighted by Gasteiger charge is 2.25. The standard InChI is InChI=1S/C13H24N2O5S/c1-10(4-5-12(16)17)6-7-14-13(18)15-11-3-2-8-21(19,20)9-11/h10-11H,2-9H2,1H3,(H,16,17)(H2,14,15,18). The maximum atomic E-state index is 11.7. The van der Waals surface area contributed by atoms with Gasteiger partial charge in [0.2, 0.25) is 0 Å². The van der Waals surface area contributed by atoms with Gasteiger partial charge < -0.3 is 15.7 Å². The van der Waals surface area contributed by atoms with E-state index in [0.29, 0.717) is 32.2 Å². The molecule has 1 heterocycles. The summed E-state index contributed by atoms with van der Waals surface area (Å²) in [7, 11) is -3.03. The Morgan fingerprint density at radius 2 is 2.05 bits per heavy atom. The van der Waals surface area contributed by atoms with Crippen LogP contribution >= 0.6 is 0 Å². The molecule has 3 N–H and O–H groups in total. The predicted molar refractivity (Wildman–Crippen MR) is 78.9 cm³/mol. The Bertz CT molecular complexity index is 463. The molecule has 0 aromatic heterocycles. The van der Waals surface area contributed by atoms with Crippen molar-refractivity contribution in [3.8, 4) is 0 Å². The molecule has 0 aliphatic carbocycles. The van der Waals surface area contributed by atoms with Gasteiger partial charge in [0.15, 0.2) is 9.84 Å². The fraction of sp³-hybridized carbons (Fsp3) is 0.846. The third-order valence-corrected chi connectivity index (χ3v) is 5.39. The lowest BCUT2D eigenvalue weighted by Crippen LogP contribution is -2.47. The van der Waals surface area contributed by atoms with Crippen LogP contribution in [0.2, 0.25) is 0 Å². The normalized spacial score (nSPS) is 22.2. The van der Waals surface area contributed by atoms with Crippen molar-refractivity contribution in [2.24, 2.45) is 5.92 Å². The highest BCUT2D eigenvalue weighted by atomic mass is 32.2. The summed E-state index contributed by atoms with van der Waals surface area (Å²) in [6.45, 7) is 2.39. The molecule has 122 valence electrons. The molecule has 8 heteroatoms. The molecule has 0 bridgehead atoms. The van der Waals surface area contributed by atoms with Gasteiger partial charge in [-0.1, -0.05) is 6.92 Å². The van der Waals surface area contributed by atoms with Crippen molar-refractivity contribution in [2.75, 3.05) is 18.1 Å². The quantitative estimate of drug-likeness (QED) is 0.641. The molecule has 0 saturated carbocycles. The maximum absolute atomic E-state index is 11.7. The largest absolute Gasteiger partial charge is 0.481 e. The first-order chi connectivity index (χ1) is 9.78. The van der Waals surface area contributed by atoms with Crippen molar-refractivity contribution in [3.63, 3.8) is 0 Å². The first-order valence-corrected chi connectivity index (χ1v) is 9.07. The van der Waals surface area contributed by atoms with Crippen LogP contribution in [0.3, 0.4) is 0 Å². The summed E-state index contributed by atoms with van der Waals surface area (Å²) in [4.78, 5) is 22.1. The van der Waals surface area contributed by atoms with Crippen molar-refractivity contribution in [1.29, 1.82) is 0 Å². The zero-order chi connectivity index (χ0) is 15.9. The number of carboxylic acids is 1. The van der Waals surface area contributed by atoms with E-state index in [0.717, 1.165) is 0 Å². The number of carbonyl (C=O) groups is 2. The molecule has 1 saturated heterocycles. The zero-order valence-corrected chi connectivity index (χ0v) is 13.1. The van der Waals surface area contributed by atoms with Crippen molar-refractivity contribution in [3.05, 3.63) is 0 Å². The second-order valence-corrected chi connectivity index (χ2v) is 7.91. The molecule has 21 heavy (non-hydrogen) atoms. The van der Waals surface area contributed by atoms with Crippen molar-refractivity contribution in [1.82, 2.24) is 10.6 Å². The third kappa shape index (κ3) is 7.89. The Balaban J connectivity index is 2.18. The van der Waals surface area contributed by atoms with E-state index in [1.54, 1.807) is 0 Å². The molecule has 2 atom stereocenters. The SMILES string of the molecule is CC(CCNC(=O)NC1CCCS(=O)(=O)C1)CCC(=O)O. The van der Waals surface area contributed by atoms with E-state index in [9.17, 15) is 18.0 Å². The molecule has 1 rings (SSSR count). The fourth-order valence-electron chi connectivity index (χ4n) is 2.32. The molecular formula is C13H24N2O5S. The van der Waals surface area contributed by atoms with Crippen LogP contribution in [0.25, 0.3) is 0 Å². The van der Waals surface area contributed by atoms with Gasteiger partial charge in [0.25, 0.3) is 0 Å². The molecule has 0 aromatic carbocycles. The number of rotatable bonds is 7. The van der Waals surface area contributed by atoms with Crippen LogP contribution in [0.4, 0.5) is 4.79 Å². The number of amides is 2. The Hall–Kier alpha value is -1.31. The minimum atomic E-state index is -3.03. The van der Waals surface area contributed by atoms with Gasteiger partial charge in [-0.3, -0.25) is 4.79 Å². The summed E-state index contributed by atoms with van der Waals surface area (Å²) in [5.41, 5.74) is 0. The lowest BCUT2D eigenvalue weighted by Gasteiger charge is -2.23. The molecule has 1 aliphatic heterocycles. The van der Waals surface area contributed by atoms with Gasteiger partial charge in [-0.15, -0.1) is 0 Å². The Morgan fingerprint density at radius 1 is 1.33 bits per heavy atom. The lowest BCUT2D eigenvalue weighted by atomic mass is 10.0. The van der Waals surface area contributed by atoms with Crippen molar-refractivity contribution in [2.45, 2.75) is 45.1 Å². The van der Waals surface area contributed by atoms with Crippen LogP contribution < -0.4 is 10.6 Å². The number of sulfone groups is 1. The third-order valence-electron chi connectivity index (χ3n) is 3.57. The smallest absolute Gasteiger partial charge is 0.315 e. The van der Waals surface area contributed by atoms with Crippen LogP contribution in [0, 0.1) is 5.92 Å². The number of carbonyl (C=O) groups excluding carboxylic acids is 1. The lowest BCUT2D eigenvalue weighted by molar-refractivity contribution is -0.137. The average Bonchev–Trinajstić information content (AvgIpc) is 2.35. The summed E-state index contributed by atoms with van der Waals surface area (Å²) in [6, 6.07) is -0.671. The molecular weight excluding hydrogens is 296 g/mol. The summed E-state index contributed by atoms with van der Waals surface area (Å²) in [6.07, 6.45) is 2.68. The second-order valence-electron chi connectivity index (χ2n) is 5.68. The number of nitrogens with one attached hydrogen (secondary N) is 2. The van der Waals surface area contributed by atoms with Gasteiger partial charge in [0.05, 0.1) is 11.5 Å². The molecule has 1 fully saturated rings. The maximum Gasteiger partial charge on any atom is 0.315 e. The predicted octanol–water partition coefficient (Wildman–Crippen LogP) is 0.754. The van der Waals surface area contributed by atoms with E-state index in [2.05, 4.69) is 10.6 Å². The number of carboxylic acid groups (broad SMARTS) is 1. The Labute approximate surface area is 125 Å². The average molecular weight is 320 g/mol. The first-order valence-electron chi connectivity index (χ1n) is 7.25. The van der Waals surface area contributed by atoms with E-state index in [1.807, 2.05) is 6.92 Å². The van der Waals surface area contributed by atoms with Gasteiger partial charge in [-0.25, -0.2) is 13.2 Å². The highest BCUT2D eigenvalue weighted by molar-refractivity contribution is 7.91. The van der Waals surface area contributed by atoms with Crippen LogP contribution in [0.5, 0.6) is 0 Å². The van der Waals surface area contributed by atoms with Crippen molar-refractivity contribution < 1.29 is 23.1 Å². The number of hydrogen-bond acceptors (Lipinski definition) is 4. The van der Waals surface area contributed by atoms with Crippen LogP contribution in [-0.4, -0.2) is 49.6 Å². The van der Waals surface area contributed by atoms with Crippen LogP contribution in [0.1, 0.15) is 39.0 Å². The van der Waals surface area contributed by atoms with E-state index in [-0.39, 0.29) is 35.9 Å². The fourth-order valence-corrected chi connectivity index (χ4v) is 3.96.